The maximum Gasteiger partial charge on any atom is 0.306 e. The Balaban J connectivity index is 2.54. The number of hydrogen-bond donors (Lipinski definition) is 2. The Morgan fingerprint density at radius 2 is 2.47 bits per heavy atom. The molecule has 15 heavy (non-hydrogen) atoms. The van der Waals surface area contributed by atoms with Gasteiger partial charge in [0.05, 0.1) is 10.9 Å². The molecule has 0 saturated carbocycles. The van der Waals surface area contributed by atoms with Crippen LogP contribution >= 0.6 is 11.3 Å². The normalized spacial score (nSPS) is 12.7. The van der Waals surface area contributed by atoms with Crippen molar-refractivity contribution in [3.63, 3.8) is 0 Å². The van der Waals surface area contributed by atoms with Gasteiger partial charge in [-0.1, -0.05) is 0 Å². The lowest BCUT2D eigenvalue weighted by Gasteiger charge is -2.09. The molecule has 0 fully saturated rings. The van der Waals surface area contributed by atoms with Crippen LogP contribution in [0, 0.1) is 12.8 Å². The fourth-order valence-electron chi connectivity index (χ4n) is 1.38. The number of hydrogen-bond acceptors (Lipinski definition) is 4. The zero-order valence-corrected chi connectivity index (χ0v) is 9.59. The van der Waals surface area contributed by atoms with Gasteiger partial charge < -0.3 is 10.8 Å². The summed E-state index contributed by atoms with van der Waals surface area (Å²) in [6, 6.07) is 0. The molecule has 0 bridgehead atoms. The number of nitrogens with zero attached hydrogens (tertiary/aromatic N) is 1. The van der Waals surface area contributed by atoms with E-state index in [1.165, 1.54) is 11.3 Å². The van der Waals surface area contributed by atoms with Gasteiger partial charge in [-0.25, -0.2) is 4.98 Å². The fraction of sp³-hybridized carbons (Fsp3) is 0.600. The highest BCUT2D eigenvalue weighted by Gasteiger charge is 2.18. The first kappa shape index (κ1) is 12.1. The van der Waals surface area contributed by atoms with E-state index in [9.17, 15) is 4.79 Å². The van der Waals surface area contributed by atoms with Crippen LogP contribution in [0.1, 0.15) is 23.5 Å². The first-order valence-corrected chi connectivity index (χ1v) is 5.85. The average molecular weight is 228 g/mol. The lowest BCUT2D eigenvalue weighted by molar-refractivity contribution is -0.141. The maximum atomic E-state index is 11.0. The first-order valence-electron chi connectivity index (χ1n) is 4.97. The Morgan fingerprint density at radius 3 is 2.93 bits per heavy atom. The Labute approximate surface area is 93.1 Å². The summed E-state index contributed by atoms with van der Waals surface area (Å²) in [6.45, 7) is 2.45. The van der Waals surface area contributed by atoms with Gasteiger partial charge in [-0.05, 0) is 26.3 Å². The van der Waals surface area contributed by atoms with Crippen LogP contribution in [0.4, 0.5) is 0 Å². The third-order valence-electron chi connectivity index (χ3n) is 2.19. The van der Waals surface area contributed by atoms with Crippen LogP contribution in [0.5, 0.6) is 0 Å². The van der Waals surface area contributed by atoms with Gasteiger partial charge in [0.1, 0.15) is 0 Å². The van der Waals surface area contributed by atoms with E-state index >= 15 is 0 Å². The molecule has 1 aromatic rings. The highest BCUT2D eigenvalue weighted by Crippen LogP contribution is 2.17. The summed E-state index contributed by atoms with van der Waals surface area (Å²) in [5.74, 6) is -1.10. The maximum absolute atomic E-state index is 11.0. The molecule has 5 heteroatoms. The Bertz CT molecular complexity index is 325. The third-order valence-corrected chi connectivity index (χ3v) is 3.18. The molecule has 84 valence electrons. The third kappa shape index (κ3) is 3.97. The van der Waals surface area contributed by atoms with Crippen molar-refractivity contribution in [2.75, 3.05) is 6.54 Å². The van der Waals surface area contributed by atoms with Gasteiger partial charge in [0.2, 0.25) is 0 Å². The fourth-order valence-corrected chi connectivity index (χ4v) is 2.24. The van der Waals surface area contributed by atoms with Crippen molar-refractivity contribution >= 4 is 17.3 Å². The smallest absolute Gasteiger partial charge is 0.306 e. The van der Waals surface area contributed by atoms with Gasteiger partial charge in [-0.15, -0.1) is 11.3 Å². The molecule has 0 aliphatic carbocycles. The number of aryl methyl sites for hydroxylation is 1. The number of rotatable bonds is 6. The standard InChI is InChI=1S/C10H16N2O2S/c1-7-6-15-9(12-7)5-8(10(13)14)3-2-4-11/h6,8H,2-5,11H2,1H3,(H,13,14). The van der Waals surface area contributed by atoms with Crippen molar-refractivity contribution in [3.8, 4) is 0 Å². The SMILES string of the molecule is Cc1csc(CC(CCCN)C(=O)O)n1. The number of thiazole rings is 1. The highest BCUT2D eigenvalue weighted by molar-refractivity contribution is 7.09. The molecule has 1 atom stereocenters. The van der Waals surface area contributed by atoms with Crippen LogP contribution in [0.25, 0.3) is 0 Å². The molecule has 1 rings (SSSR count). The molecule has 4 nitrogen and oxygen atoms in total. The van der Waals surface area contributed by atoms with E-state index in [2.05, 4.69) is 4.98 Å². The Morgan fingerprint density at radius 1 is 1.73 bits per heavy atom. The van der Waals surface area contributed by atoms with E-state index < -0.39 is 5.97 Å². The van der Waals surface area contributed by atoms with E-state index in [1.54, 1.807) is 0 Å². The van der Waals surface area contributed by atoms with Gasteiger partial charge in [-0.3, -0.25) is 4.79 Å². The van der Waals surface area contributed by atoms with Gasteiger partial charge in [0, 0.05) is 17.5 Å². The molecule has 0 spiro atoms. The topological polar surface area (TPSA) is 76.2 Å². The minimum atomic E-state index is -0.753. The van der Waals surface area contributed by atoms with Crippen LogP contribution in [-0.2, 0) is 11.2 Å². The van der Waals surface area contributed by atoms with Crippen molar-refractivity contribution in [1.29, 1.82) is 0 Å². The van der Waals surface area contributed by atoms with E-state index in [4.69, 9.17) is 10.8 Å². The van der Waals surface area contributed by atoms with Crippen LogP contribution in [0.2, 0.25) is 0 Å². The lowest BCUT2D eigenvalue weighted by Crippen LogP contribution is -2.17. The molecule has 0 aromatic carbocycles. The molecule has 0 aliphatic rings. The van der Waals surface area contributed by atoms with E-state index in [-0.39, 0.29) is 5.92 Å². The molecule has 0 radical (unpaired) electrons. The van der Waals surface area contributed by atoms with Crippen molar-refractivity contribution in [2.24, 2.45) is 11.7 Å². The van der Waals surface area contributed by atoms with Crippen LogP contribution in [0.15, 0.2) is 5.38 Å². The summed E-state index contributed by atoms with van der Waals surface area (Å²) in [4.78, 5) is 15.2. The number of carbonyl (C=O) groups is 1. The summed E-state index contributed by atoms with van der Waals surface area (Å²) in [7, 11) is 0. The molecular formula is C10H16N2O2S. The summed E-state index contributed by atoms with van der Waals surface area (Å²) in [5, 5.41) is 11.8. The highest BCUT2D eigenvalue weighted by atomic mass is 32.1. The van der Waals surface area contributed by atoms with Crippen LogP contribution < -0.4 is 5.73 Å². The summed E-state index contributed by atoms with van der Waals surface area (Å²) in [6.07, 6.45) is 1.90. The monoisotopic (exact) mass is 228 g/mol. The zero-order chi connectivity index (χ0) is 11.3. The first-order chi connectivity index (χ1) is 7.13. The van der Waals surface area contributed by atoms with E-state index in [0.717, 1.165) is 17.1 Å². The van der Waals surface area contributed by atoms with Crippen molar-refractivity contribution in [1.82, 2.24) is 4.98 Å². The van der Waals surface area contributed by atoms with E-state index in [0.29, 0.717) is 19.4 Å². The molecule has 1 aromatic heterocycles. The molecule has 0 aliphatic heterocycles. The van der Waals surface area contributed by atoms with Gasteiger partial charge >= 0.3 is 5.97 Å². The molecule has 1 unspecified atom stereocenters. The average Bonchev–Trinajstić information content (AvgIpc) is 2.58. The summed E-state index contributed by atoms with van der Waals surface area (Å²) >= 11 is 1.52. The van der Waals surface area contributed by atoms with E-state index in [1.807, 2.05) is 12.3 Å². The molecule has 3 N–H and O–H groups in total. The second-order valence-electron chi connectivity index (χ2n) is 3.55. The molecule has 0 amide bonds. The lowest BCUT2D eigenvalue weighted by atomic mass is 10.00. The summed E-state index contributed by atoms with van der Waals surface area (Å²) in [5.41, 5.74) is 6.32. The number of aromatic nitrogens is 1. The number of aliphatic carboxylic acids is 1. The molecular weight excluding hydrogens is 212 g/mol. The Hall–Kier alpha value is -0.940. The Kier molecular flexibility index (Phi) is 4.71. The van der Waals surface area contributed by atoms with Crippen molar-refractivity contribution < 1.29 is 9.90 Å². The predicted molar refractivity (Wildman–Crippen MR) is 60.0 cm³/mol. The second-order valence-corrected chi connectivity index (χ2v) is 4.50. The van der Waals surface area contributed by atoms with Crippen LogP contribution in [0.3, 0.4) is 0 Å². The molecule has 0 saturated heterocycles. The van der Waals surface area contributed by atoms with Crippen LogP contribution in [-0.4, -0.2) is 22.6 Å². The quantitative estimate of drug-likeness (QED) is 0.772. The molecule has 1 heterocycles. The zero-order valence-electron chi connectivity index (χ0n) is 8.77. The predicted octanol–water partition coefficient (Wildman–Crippen LogP) is 1.43. The number of carboxylic acid groups (broad SMARTS) is 1. The van der Waals surface area contributed by atoms with Crippen molar-refractivity contribution in [2.45, 2.75) is 26.2 Å². The van der Waals surface area contributed by atoms with Crippen molar-refractivity contribution in [3.05, 3.63) is 16.1 Å². The minimum Gasteiger partial charge on any atom is -0.481 e. The number of carboxylic acids is 1. The van der Waals surface area contributed by atoms with Gasteiger partial charge in [-0.2, -0.15) is 0 Å². The number of nitrogens with two attached hydrogens (primary N) is 1. The largest absolute Gasteiger partial charge is 0.481 e. The second kappa shape index (κ2) is 5.82. The van der Waals surface area contributed by atoms with Gasteiger partial charge in [0.15, 0.2) is 0 Å². The van der Waals surface area contributed by atoms with Gasteiger partial charge in [0.25, 0.3) is 0 Å². The minimum absolute atomic E-state index is 0.348. The summed E-state index contributed by atoms with van der Waals surface area (Å²) < 4.78 is 0.